The number of thioether (sulfide) groups is 1. The van der Waals surface area contributed by atoms with Gasteiger partial charge in [-0.2, -0.15) is 0 Å². The van der Waals surface area contributed by atoms with Crippen LogP contribution in [0.25, 0.3) is 6.08 Å². The summed E-state index contributed by atoms with van der Waals surface area (Å²) in [7, 11) is 1.46. The summed E-state index contributed by atoms with van der Waals surface area (Å²) in [6.07, 6.45) is 1.56. The third-order valence-electron chi connectivity index (χ3n) is 5.71. The van der Waals surface area contributed by atoms with E-state index < -0.39 is 11.1 Å². The molecule has 0 bridgehead atoms. The Morgan fingerprint density at radius 3 is 2.51 bits per heavy atom. The van der Waals surface area contributed by atoms with Crippen LogP contribution in [0.1, 0.15) is 11.1 Å². The van der Waals surface area contributed by atoms with Gasteiger partial charge in [-0.15, -0.1) is 0 Å². The Morgan fingerprint density at radius 1 is 1.08 bits per heavy atom. The van der Waals surface area contributed by atoms with Gasteiger partial charge in [0.15, 0.2) is 18.1 Å². The van der Waals surface area contributed by atoms with E-state index in [-0.39, 0.29) is 29.9 Å². The van der Waals surface area contributed by atoms with E-state index in [1.807, 2.05) is 31.2 Å². The molecule has 0 atom stereocenters. The standard InChI is InChI=1S/C26H27N3O7S/c1-17-3-6-19(7-4-17)27-23(30)16-36-20-8-5-18(13-21(20)34-2)14-22-25(32)29(26(33)37-22)15-24(31)28-9-11-35-12-10-28/h3-8,13-14H,9-12,15-16H2,1-2H3,(H,27,30)/b22-14-. The number of amides is 4. The minimum absolute atomic E-state index is 0.202. The van der Waals surface area contributed by atoms with E-state index in [9.17, 15) is 19.2 Å². The third kappa shape index (κ3) is 6.69. The van der Waals surface area contributed by atoms with Crippen molar-refractivity contribution in [2.45, 2.75) is 6.92 Å². The van der Waals surface area contributed by atoms with Crippen molar-refractivity contribution in [3.63, 3.8) is 0 Å². The summed E-state index contributed by atoms with van der Waals surface area (Å²) < 4.78 is 16.2. The van der Waals surface area contributed by atoms with Crippen molar-refractivity contribution in [1.29, 1.82) is 0 Å². The lowest BCUT2D eigenvalue weighted by Crippen LogP contribution is -2.46. The first-order valence-corrected chi connectivity index (χ1v) is 12.4. The predicted molar refractivity (Wildman–Crippen MR) is 138 cm³/mol. The molecule has 2 saturated heterocycles. The van der Waals surface area contributed by atoms with Gasteiger partial charge in [0, 0.05) is 18.8 Å². The van der Waals surface area contributed by atoms with Crippen LogP contribution in [0.5, 0.6) is 11.5 Å². The second-order valence-electron chi connectivity index (χ2n) is 8.37. The smallest absolute Gasteiger partial charge is 0.294 e. The average Bonchev–Trinajstić information content (AvgIpc) is 3.16. The molecule has 2 aliphatic rings. The molecule has 2 aromatic carbocycles. The number of imide groups is 1. The summed E-state index contributed by atoms with van der Waals surface area (Å²) in [6.45, 7) is 3.18. The predicted octanol–water partition coefficient (Wildman–Crippen LogP) is 2.92. The summed E-state index contributed by atoms with van der Waals surface area (Å²) in [5.41, 5.74) is 2.35. The van der Waals surface area contributed by atoms with Gasteiger partial charge in [-0.3, -0.25) is 24.1 Å². The van der Waals surface area contributed by atoms with Gasteiger partial charge in [0.05, 0.1) is 25.2 Å². The zero-order chi connectivity index (χ0) is 26.4. The number of anilines is 1. The van der Waals surface area contributed by atoms with Crippen LogP contribution >= 0.6 is 11.8 Å². The molecule has 2 aromatic rings. The lowest BCUT2D eigenvalue weighted by Gasteiger charge is -2.28. The van der Waals surface area contributed by atoms with Gasteiger partial charge in [-0.05, 0) is 54.6 Å². The second-order valence-corrected chi connectivity index (χ2v) is 9.37. The van der Waals surface area contributed by atoms with Gasteiger partial charge in [-0.25, -0.2) is 0 Å². The lowest BCUT2D eigenvalue weighted by molar-refractivity contribution is -0.139. The Labute approximate surface area is 218 Å². The monoisotopic (exact) mass is 525 g/mol. The number of hydrogen-bond donors (Lipinski definition) is 1. The maximum atomic E-state index is 12.8. The number of nitrogens with zero attached hydrogens (tertiary/aromatic N) is 2. The molecule has 1 N–H and O–H groups in total. The molecule has 4 amide bonds. The summed E-state index contributed by atoms with van der Waals surface area (Å²) in [5.74, 6) is -0.429. The molecular formula is C26H27N3O7S. The van der Waals surface area contributed by atoms with Crippen molar-refractivity contribution >= 4 is 46.5 Å². The Bertz CT molecular complexity index is 1220. The summed E-state index contributed by atoms with van der Waals surface area (Å²) in [6, 6.07) is 12.4. The van der Waals surface area contributed by atoms with Gasteiger partial charge in [0.2, 0.25) is 5.91 Å². The number of carbonyl (C=O) groups is 4. The largest absolute Gasteiger partial charge is 0.493 e. The molecule has 0 unspecified atom stereocenters. The fraction of sp³-hybridized carbons (Fsp3) is 0.308. The number of morpholine rings is 1. The molecule has 10 nitrogen and oxygen atoms in total. The number of nitrogens with one attached hydrogen (secondary N) is 1. The molecule has 37 heavy (non-hydrogen) atoms. The van der Waals surface area contributed by atoms with E-state index in [1.54, 1.807) is 29.2 Å². The van der Waals surface area contributed by atoms with Crippen LogP contribution in [0.4, 0.5) is 10.5 Å². The number of rotatable bonds is 8. The molecule has 0 saturated carbocycles. The zero-order valence-corrected chi connectivity index (χ0v) is 21.3. The second kappa shape index (κ2) is 11.9. The number of benzene rings is 2. The van der Waals surface area contributed by atoms with Gasteiger partial charge >= 0.3 is 0 Å². The molecule has 194 valence electrons. The molecule has 0 aliphatic carbocycles. The molecule has 0 aromatic heterocycles. The van der Waals surface area contributed by atoms with Crippen LogP contribution < -0.4 is 14.8 Å². The lowest BCUT2D eigenvalue weighted by atomic mass is 10.2. The van der Waals surface area contributed by atoms with E-state index in [1.165, 1.54) is 7.11 Å². The number of hydrogen-bond acceptors (Lipinski definition) is 8. The highest BCUT2D eigenvalue weighted by Crippen LogP contribution is 2.34. The van der Waals surface area contributed by atoms with Crippen LogP contribution in [0.3, 0.4) is 0 Å². The molecule has 0 radical (unpaired) electrons. The number of methoxy groups -OCH3 is 1. The summed E-state index contributed by atoms with van der Waals surface area (Å²) in [4.78, 5) is 52.7. The van der Waals surface area contributed by atoms with E-state index in [0.29, 0.717) is 49.1 Å². The molecule has 2 fully saturated rings. The first-order chi connectivity index (χ1) is 17.8. The van der Waals surface area contributed by atoms with Crippen molar-refractivity contribution in [3.05, 3.63) is 58.5 Å². The van der Waals surface area contributed by atoms with Gasteiger partial charge in [-0.1, -0.05) is 23.8 Å². The van der Waals surface area contributed by atoms with Crippen LogP contribution in [0.2, 0.25) is 0 Å². The van der Waals surface area contributed by atoms with E-state index in [2.05, 4.69) is 5.32 Å². The van der Waals surface area contributed by atoms with Crippen molar-refractivity contribution in [2.75, 3.05) is 51.9 Å². The normalized spacial score (nSPS) is 16.8. The van der Waals surface area contributed by atoms with Crippen LogP contribution in [0.15, 0.2) is 47.4 Å². The maximum Gasteiger partial charge on any atom is 0.294 e. The van der Waals surface area contributed by atoms with E-state index >= 15 is 0 Å². The highest BCUT2D eigenvalue weighted by atomic mass is 32.2. The van der Waals surface area contributed by atoms with Gasteiger partial charge in [0.25, 0.3) is 17.1 Å². The highest BCUT2D eigenvalue weighted by Gasteiger charge is 2.37. The Morgan fingerprint density at radius 2 is 1.81 bits per heavy atom. The Hall–Kier alpha value is -3.83. The SMILES string of the molecule is COc1cc(/C=C2\SC(=O)N(CC(=O)N3CCOCC3)C2=O)ccc1OCC(=O)Nc1ccc(C)cc1. The topological polar surface area (TPSA) is 114 Å². The summed E-state index contributed by atoms with van der Waals surface area (Å²) in [5, 5.41) is 2.26. The zero-order valence-electron chi connectivity index (χ0n) is 20.5. The fourth-order valence-corrected chi connectivity index (χ4v) is 4.54. The minimum Gasteiger partial charge on any atom is -0.493 e. The third-order valence-corrected chi connectivity index (χ3v) is 6.62. The van der Waals surface area contributed by atoms with E-state index in [0.717, 1.165) is 22.2 Å². The molecule has 4 rings (SSSR count). The van der Waals surface area contributed by atoms with Crippen LogP contribution in [0, 0.1) is 6.92 Å². The van der Waals surface area contributed by atoms with Crippen LogP contribution in [-0.2, 0) is 19.1 Å². The maximum absolute atomic E-state index is 12.8. The van der Waals surface area contributed by atoms with Crippen molar-refractivity contribution in [2.24, 2.45) is 0 Å². The van der Waals surface area contributed by atoms with Gasteiger partial charge < -0.3 is 24.4 Å². The Balaban J connectivity index is 1.38. The summed E-state index contributed by atoms with van der Waals surface area (Å²) >= 11 is 0.777. The quantitative estimate of drug-likeness (QED) is 0.524. The fourth-order valence-electron chi connectivity index (χ4n) is 3.71. The number of carbonyl (C=O) groups excluding carboxylic acids is 4. The van der Waals surface area contributed by atoms with Crippen molar-refractivity contribution < 1.29 is 33.4 Å². The molecular weight excluding hydrogens is 498 g/mol. The number of ether oxygens (including phenoxy) is 3. The minimum atomic E-state index is -0.524. The van der Waals surface area contributed by atoms with Gasteiger partial charge in [0.1, 0.15) is 6.54 Å². The highest BCUT2D eigenvalue weighted by molar-refractivity contribution is 8.18. The average molecular weight is 526 g/mol. The molecule has 2 aliphatic heterocycles. The number of aryl methyl sites for hydroxylation is 1. The van der Waals surface area contributed by atoms with Crippen molar-refractivity contribution in [3.8, 4) is 11.5 Å². The van der Waals surface area contributed by atoms with Crippen molar-refractivity contribution in [1.82, 2.24) is 9.80 Å². The van der Waals surface area contributed by atoms with E-state index in [4.69, 9.17) is 14.2 Å². The first kappa shape index (κ1) is 26.2. The molecule has 0 spiro atoms. The Kier molecular flexibility index (Phi) is 8.47. The molecule has 2 heterocycles. The first-order valence-electron chi connectivity index (χ1n) is 11.6. The molecule has 11 heteroatoms. The van der Waals surface area contributed by atoms with Crippen LogP contribution in [-0.4, -0.2) is 79.3 Å².